The first-order chi connectivity index (χ1) is 10.3. The number of halogens is 1. The van der Waals surface area contributed by atoms with Gasteiger partial charge in [0, 0.05) is 12.1 Å². The molecule has 4 nitrogen and oxygen atoms in total. The van der Waals surface area contributed by atoms with Crippen molar-refractivity contribution in [3.8, 4) is 0 Å². The van der Waals surface area contributed by atoms with Gasteiger partial charge in [-0.25, -0.2) is 4.39 Å². The summed E-state index contributed by atoms with van der Waals surface area (Å²) in [5.41, 5.74) is 0.335. The van der Waals surface area contributed by atoms with Gasteiger partial charge in [-0.1, -0.05) is 27.7 Å². The van der Waals surface area contributed by atoms with Crippen molar-refractivity contribution in [2.24, 2.45) is 11.8 Å². The topological polar surface area (TPSA) is 58.2 Å². The van der Waals surface area contributed by atoms with E-state index < -0.39 is 11.9 Å². The van der Waals surface area contributed by atoms with Crippen LogP contribution in [0.2, 0.25) is 0 Å². The van der Waals surface area contributed by atoms with E-state index >= 15 is 0 Å². The largest absolute Gasteiger partial charge is 0.354 e. The fraction of sp³-hybridized carbons (Fsp3) is 0.529. The van der Waals surface area contributed by atoms with Crippen molar-refractivity contribution in [2.45, 2.75) is 40.2 Å². The molecule has 0 saturated carbocycles. The molecule has 0 aliphatic carbocycles. The highest BCUT2D eigenvalue weighted by molar-refractivity contribution is 5.97. The van der Waals surface area contributed by atoms with E-state index in [0.717, 1.165) is 6.42 Å². The third-order valence-electron chi connectivity index (χ3n) is 3.36. The summed E-state index contributed by atoms with van der Waals surface area (Å²) in [6.45, 7) is 8.51. The van der Waals surface area contributed by atoms with Crippen molar-refractivity contribution in [1.82, 2.24) is 10.6 Å². The first-order valence-electron chi connectivity index (χ1n) is 7.65. The summed E-state index contributed by atoms with van der Waals surface area (Å²) in [6, 6.07) is 4.64. The Labute approximate surface area is 131 Å². The number of carbonyl (C=O) groups is 2. The predicted molar refractivity (Wildman–Crippen MR) is 85.0 cm³/mol. The summed E-state index contributed by atoms with van der Waals surface area (Å²) in [5.74, 6) is -0.498. The molecular formula is C17H25FN2O2. The van der Waals surface area contributed by atoms with E-state index in [-0.39, 0.29) is 17.7 Å². The highest BCUT2D eigenvalue weighted by atomic mass is 19.1. The molecule has 0 fully saturated rings. The second kappa shape index (κ2) is 8.51. The molecule has 2 amide bonds. The summed E-state index contributed by atoms with van der Waals surface area (Å²) in [5, 5.41) is 5.56. The van der Waals surface area contributed by atoms with Crippen molar-refractivity contribution < 1.29 is 14.0 Å². The molecule has 0 bridgehead atoms. The Hall–Kier alpha value is -1.91. The lowest BCUT2D eigenvalue weighted by atomic mass is 10.0. The molecule has 1 aromatic carbocycles. The van der Waals surface area contributed by atoms with Gasteiger partial charge in [-0.15, -0.1) is 0 Å². The van der Waals surface area contributed by atoms with Crippen LogP contribution >= 0.6 is 0 Å². The fourth-order valence-electron chi connectivity index (χ4n) is 1.95. The van der Waals surface area contributed by atoms with Crippen molar-refractivity contribution in [1.29, 1.82) is 0 Å². The van der Waals surface area contributed by atoms with Crippen LogP contribution in [-0.4, -0.2) is 24.4 Å². The van der Waals surface area contributed by atoms with Gasteiger partial charge < -0.3 is 10.6 Å². The quantitative estimate of drug-likeness (QED) is 0.814. The number of amides is 2. The van der Waals surface area contributed by atoms with E-state index in [0.29, 0.717) is 18.0 Å². The van der Waals surface area contributed by atoms with E-state index in [1.54, 1.807) is 0 Å². The maximum atomic E-state index is 12.9. The van der Waals surface area contributed by atoms with Crippen LogP contribution < -0.4 is 10.6 Å². The molecule has 0 aliphatic rings. The summed E-state index contributed by atoms with van der Waals surface area (Å²) in [4.78, 5) is 24.3. The number of nitrogens with one attached hydrogen (secondary N) is 2. The molecule has 0 saturated heterocycles. The Balaban J connectivity index is 2.65. The number of hydrogen-bond donors (Lipinski definition) is 2. The van der Waals surface area contributed by atoms with Gasteiger partial charge in [-0.05, 0) is 42.5 Å². The summed E-state index contributed by atoms with van der Waals surface area (Å²) in [7, 11) is 0. The van der Waals surface area contributed by atoms with Gasteiger partial charge in [0.15, 0.2) is 0 Å². The number of carbonyl (C=O) groups excluding carboxylic acids is 2. The van der Waals surface area contributed by atoms with E-state index in [2.05, 4.69) is 24.5 Å². The standard InChI is InChI=1S/C17H25FN2O2/c1-11(2)9-10-19-17(22)15(12(3)4)20-16(21)13-5-7-14(18)8-6-13/h5-8,11-12,15H,9-10H2,1-4H3,(H,19,22)(H,20,21)/t15-/m0/s1. The Bertz CT molecular complexity index is 498. The van der Waals surface area contributed by atoms with Crippen LogP contribution in [0.15, 0.2) is 24.3 Å². The summed E-state index contributed by atoms with van der Waals surface area (Å²) >= 11 is 0. The van der Waals surface area contributed by atoms with Crippen molar-refractivity contribution in [2.75, 3.05) is 6.54 Å². The maximum absolute atomic E-state index is 12.9. The second-order valence-corrected chi connectivity index (χ2v) is 6.18. The normalized spacial score (nSPS) is 12.3. The van der Waals surface area contributed by atoms with Gasteiger partial charge in [0.05, 0.1) is 0 Å². The Morgan fingerprint density at radius 3 is 2.18 bits per heavy atom. The molecule has 1 aromatic rings. The minimum atomic E-state index is -0.607. The smallest absolute Gasteiger partial charge is 0.251 e. The van der Waals surface area contributed by atoms with Crippen LogP contribution in [0.3, 0.4) is 0 Å². The molecule has 122 valence electrons. The van der Waals surface area contributed by atoms with Gasteiger partial charge in [-0.3, -0.25) is 9.59 Å². The molecular weight excluding hydrogens is 283 g/mol. The zero-order valence-electron chi connectivity index (χ0n) is 13.7. The van der Waals surface area contributed by atoms with E-state index in [1.165, 1.54) is 24.3 Å². The maximum Gasteiger partial charge on any atom is 0.251 e. The van der Waals surface area contributed by atoms with Crippen molar-refractivity contribution in [3.05, 3.63) is 35.6 Å². The lowest BCUT2D eigenvalue weighted by Crippen LogP contribution is -2.50. The van der Waals surface area contributed by atoms with Gasteiger partial charge in [-0.2, -0.15) is 0 Å². The minimum absolute atomic E-state index is 0.0385. The lowest BCUT2D eigenvalue weighted by Gasteiger charge is -2.22. The SMILES string of the molecule is CC(C)CCNC(=O)[C@@H](NC(=O)c1ccc(F)cc1)C(C)C. The van der Waals surface area contributed by atoms with Gasteiger partial charge in [0.1, 0.15) is 11.9 Å². The molecule has 0 aliphatic heterocycles. The molecule has 0 heterocycles. The molecule has 0 unspecified atom stereocenters. The number of rotatable bonds is 7. The molecule has 1 atom stereocenters. The third-order valence-corrected chi connectivity index (χ3v) is 3.36. The van der Waals surface area contributed by atoms with E-state index in [9.17, 15) is 14.0 Å². The lowest BCUT2D eigenvalue weighted by molar-refractivity contribution is -0.123. The van der Waals surface area contributed by atoms with Crippen molar-refractivity contribution >= 4 is 11.8 Å². The van der Waals surface area contributed by atoms with Gasteiger partial charge >= 0.3 is 0 Å². The Morgan fingerprint density at radius 2 is 1.68 bits per heavy atom. The van der Waals surface area contributed by atoms with Crippen LogP contribution in [0.1, 0.15) is 44.5 Å². The van der Waals surface area contributed by atoms with Crippen LogP contribution in [0.25, 0.3) is 0 Å². The van der Waals surface area contributed by atoms with E-state index in [1.807, 2.05) is 13.8 Å². The average molecular weight is 308 g/mol. The van der Waals surface area contributed by atoms with Gasteiger partial charge in [0.2, 0.25) is 5.91 Å². The molecule has 5 heteroatoms. The zero-order chi connectivity index (χ0) is 16.7. The highest BCUT2D eigenvalue weighted by Crippen LogP contribution is 2.07. The monoisotopic (exact) mass is 308 g/mol. The predicted octanol–water partition coefficient (Wildman–Crippen LogP) is 2.74. The molecule has 0 spiro atoms. The first-order valence-corrected chi connectivity index (χ1v) is 7.65. The van der Waals surface area contributed by atoms with Crippen LogP contribution in [0, 0.1) is 17.7 Å². The Morgan fingerprint density at radius 1 is 1.09 bits per heavy atom. The summed E-state index contributed by atoms with van der Waals surface area (Å²) < 4.78 is 12.9. The van der Waals surface area contributed by atoms with Crippen molar-refractivity contribution in [3.63, 3.8) is 0 Å². The summed E-state index contributed by atoms with van der Waals surface area (Å²) in [6.07, 6.45) is 0.891. The molecule has 0 radical (unpaired) electrons. The van der Waals surface area contributed by atoms with Gasteiger partial charge in [0.25, 0.3) is 5.91 Å². The molecule has 0 aromatic heterocycles. The molecule has 22 heavy (non-hydrogen) atoms. The highest BCUT2D eigenvalue weighted by Gasteiger charge is 2.24. The van der Waals surface area contributed by atoms with E-state index in [4.69, 9.17) is 0 Å². The van der Waals surface area contributed by atoms with Crippen LogP contribution in [-0.2, 0) is 4.79 Å². The zero-order valence-corrected chi connectivity index (χ0v) is 13.7. The first kappa shape index (κ1) is 18.1. The van der Waals surface area contributed by atoms with Crippen LogP contribution in [0.5, 0.6) is 0 Å². The fourth-order valence-corrected chi connectivity index (χ4v) is 1.95. The minimum Gasteiger partial charge on any atom is -0.354 e. The van der Waals surface area contributed by atoms with Crippen LogP contribution in [0.4, 0.5) is 4.39 Å². The molecule has 1 rings (SSSR count). The Kier molecular flexibility index (Phi) is 7.02. The number of hydrogen-bond acceptors (Lipinski definition) is 2. The second-order valence-electron chi connectivity index (χ2n) is 6.18. The average Bonchev–Trinajstić information content (AvgIpc) is 2.44. The third kappa shape index (κ3) is 5.84. The number of benzene rings is 1. The molecule has 2 N–H and O–H groups in total.